The first-order valence-corrected chi connectivity index (χ1v) is 22.1. The second kappa shape index (κ2) is 30.4. The monoisotopic (exact) mass is 792 g/mol. The molecule has 0 aromatic heterocycles. The van der Waals surface area contributed by atoms with E-state index < -0.39 is 70.6 Å². The third kappa shape index (κ3) is 25.5. The SMILES string of the molecule is CCCCC[C@H](O)/C=C/[C@H]1[C@H](O)CC(=O)[C@@H]1CCCCCCC(=O)OC[C@H](COP(=O)(O)OC[C@@H](O)CO)OC(=O)CCCCCCCCCCC(C)C. The molecule has 1 rings (SSSR count). The number of unbranched alkanes of at least 4 members (excludes halogenated alkanes) is 12. The minimum Gasteiger partial charge on any atom is -0.462 e. The van der Waals surface area contributed by atoms with E-state index in [1.165, 1.54) is 32.1 Å². The lowest BCUT2D eigenvalue weighted by atomic mass is 9.88. The number of Topliss-reactive ketones (excluding diaryl/α,β-unsaturated/α-hetero) is 1. The Morgan fingerprint density at radius 2 is 1.39 bits per heavy atom. The average molecular weight is 793 g/mol. The van der Waals surface area contributed by atoms with Gasteiger partial charge in [-0.3, -0.25) is 23.4 Å². The summed E-state index contributed by atoms with van der Waals surface area (Å²) < 4.78 is 32.6. The molecule has 1 unspecified atom stereocenters. The molecule has 14 heteroatoms. The van der Waals surface area contributed by atoms with E-state index in [-0.39, 0.29) is 36.9 Å². The average Bonchev–Trinajstić information content (AvgIpc) is 3.40. The van der Waals surface area contributed by atoms with Gasteiger partial charge in [-0.25, -0.2) is 4.57 Å². The summed E-state index contributed by atoms with van der Waals surface area (Å²) in [6, 6.07) is 0. The van der Waals surface area contributed by atoms with Gasteiger partial charge < -0.3 is 34.8 Å². The van der Waals surface area contributed by atoms with Crippen LogP contribution < -0.4 is 0 Å². The van der Waals surface area contributed by atoms with Crippen LogP contribution in [0.4, 0.5) is 0 Å². The van der Waals surface area contributed by atoms with Gasteiger partial charge >= 0.3 is 19.8 Å². The number of ketones is 1. The van der Waals surface area contributed by atoms with Gasteiger partial charge in [-0.15, -0.1) is 0 Å². The van der Waals surface area contributed by atoms with Gasteiger partial charge in [0.05, 0.1) is 32.0 Å². The van der Waals surface area contributed by atoms with E-state index in [0.717, 1.165) is 57.3 Å². The van der Waals surface area contributed by atoms with Gasteiger partial charge in [0.2, 0.25) is 0 Å². The zero-order chi connectivity index (χ0) is 40.2. The Morgan fingerprint density at radius 3 is 2.02 bits per heavy atom. The highest BCUT2D eigenvalue weighted by atomic mass is 31.2. The molecular weight excluding hydrogens is 719 g/mol. The van der Waals surface area contributed by atoms with E-state index in [2.05, 4.69) is 25.3 Å². The van der Waals surface area contributed by atoms with Crippen molar-refractivity contribution in [3.8, 4) is 0 Å². The van der Waals surface area contributed by atoms with Gasteiger partial charge in [0, 0.05) is 31.1 Å². The molecule has 1 aliphatic rings. The smallest absolute Gasteiger partial charge is 0.462 e. The van der Waals surface area contributed by atoms with Gasteiger partial charge in [-0.05, 0) is 31.6 Å². The molecule has 1 fully saturated rings. The number of phosphoric acid groups is 1. The molecule has 0 bridgehead atoms. The molecule has 316 valence electrons. The second-order valence-electron chi connectivity index (χ2n) is 15.3. The molecular formula is C40H73O13P. The maximum absolute atomic E-state index is 12.6. The van der Waals surface area contributed by atoms with Gasteiger partial charge in [-0.1, -0.05) is 123 Å². The second-order valence-corrected chi connectivity index (χ2v) is 16.7. The fraction of sp³-hybridized carbons (Fsp3) is 0.875. The molecule has 0 radical (unpaired) electrons. The van der Waals surface area contributed by atoms with E-state index in [9.17, 15) is 39.2 Å². The van der Waals surface area contributed by atoms with E-state index in [1.807, 2.05) is 0 Å². The van der Waals surface area contributed by atoms with Crippen molar-refractivity contribution in [2.45, 2.75) is 180 Å². The zero-order valence-electron chi connectivity index (χ0n) is 33.3. The minimum absolute atomic E-state index is 0.0329. The predicted octanol–water partition coefficient (Wildman–Crippen LogP) is 6.89. The Morgan fingerprint density at radius 1 is 0.815 bits per heavy atom. The van der Waals surface area contributed by atoms with Crippen LogP contribution in [0, 0.1) is 17.8 Å². The molecule has 0 spiro atoms. The van der Waals surface area contributed by atoms with Crippen LogP contribution in [0.2, 0.25) is 0 Å². The highest BCUT2D eigenvalue weighted by Crippen LogP contribution is 2.43. The van der Waals surface area contributed by atoms with Crippen LogP contribution in [0.25, 0.3) is 0 Å². The Bertz CT molecular complexity index is 1080. The molecule has 13 nitrogen and oxygen atoms in total. The summed E-state index contributed by atoms with van der Waals surface area (Å²) in [4.78, 5) is 47.6. The summed E-state index contributed by atoms with van der Waals surface area (Å²) in [5.41, 5.74) is 0. The number of carbonyl (C=O) groups is 3. The fourth-order valence-corrected chi connectivity index (χ4v) is 7.27. The summed E-state index contributed by atoms with van der Waals surface area (Å²) in [6.45, 7) is 4.25. The lowest BCUT2D eigenvalue weighted by Crippen LogP contribution is -2.29. The molecule has 0 aromatic carbocycles. The van der Waals surface area contributed by atoms with Crippen molar-refractivity contribution in [1.29, 1.82) is 0 Å². The molecule has 0 aromatic rings. The van der Waals surface area contributed by atoms with Gasteiger partial charge in [0.1, 0.15) is 18.5 Å². The lowest BCUT2D eigenvalue weighted by molar-refractivity contribution is -0.161. The van der Waals surface area contributed by atoms with Crippen LogP contribution in [0.1, 0.15) is 156 Å². The molecule has 0 saturated heterocycles. The first kappa shape index (κ1) is 50.3. The molecule has 1 saturated carbocycles. The van der Waals surface area contributed by atoms with Gasteiger partial charge in [0.25, 0.3) is 0 Å². The molecule has 0 amide bonds. The predicted molar refractivity (Wildman–Crippen MR) is 206 cm³/mol. The summed E-state index contributed by atoms with van der Waals surface area (Å²) in [5.74, 6) is -0.916. The molecule has 7 atom stereocenters. The highest BCUT2D eigenvalue weighted by Gasteiger charge is 2.39. The lowest BCUT2D eigenvalue weighted by Gasteiger charge is -2.20. The van der Waals surface area contributed by atoms with Crippen molar-refractivity contribution in [1.82, 2.24) is 0 Å². The van der Waals surface area contributed by atoms with Crippen molar-refractivity contribution in [2.24, 2.45) is 17.8 Å². The number of ether oxygens (including phenoxy) is 2. The highest BCUT2D eigenvalue weighted by molar-refractivity contribution is 7.47. The van der Waals surface area contributed by atoms with E-state index >= 15 is 0 Å². The van der Waals surface area contributed by atoms with Crippen molar-refractivity contribution < 1.29 is 62.8 Å². The molecule has 1 aliphatic carbocycles. The van der Waals surface area contributed by atoms with E-state index in [4.69, 9.17) is 19.1 Å². The quantitative estimate of drug-likeness (QED) is 0.0195. The summed E-state index contributed by atoms with van der Waals surface area (Å²) in [7, 11) is -4.67. The third-order valence-corrected chi connectivity index (χ3v) is 10.7. The Labute approximate surface area is 324 Å². The van der Waals surface area contributed by atoms with Crippen LogP contribution in [0.15, 0.2) is 12.2 Å². The summed E-state index contributed by atoms with van der Waals surface area (Å²) in [6.07, 6.45) is 16.8. The number of aliphatic hydroxyl groups is 4. The first-order valence-electron chi connectivity index (χ1n) is 20.6. The molecule has 54 heavy (non-hydrogen) atoms. The van der Waals surface area contributed by atoms with Crippen LogP contribution in [0.3, 0.4) is 0 Å². The number of phosphoric ester groups is 1. The molecule has 5 N–H and O–H groups in total. The number of aliphatic hydroxyl groups excluding tert-OH is 4. The normalized spacial score (nSPS) is 20.3. The molecule has 0 heterocycles. The van der Waals surface area contributed by atoms with Crippen molar-refractivity contribution in [2.75, 3.05) is 26.4 Å². The standard InChI is InChI=1S/C40H73O13P/c1-4-5-14-20-32(42)24-25-36-35(37(44)26-38(36)45)21-16-12-13-17-22-39(46)50-29-34(30-52-54(48,49)51-28-33(43)27-41)53-40(47)23-18-11-9-7-6-8-10-15-19-31(2)3/h24-25,31-36,38,41-43,45H,4-23,26-30H2,1-3H3,(H,48,49)/b25-24+/t32-,33-,34+,35+,36+,38+/m0/s1. The Balaban J connectivity index is 2.47. The van der Waals surface area contributed by atoms with Gasteiger partial charge in [-0.2, -0.15) is 0 Å². The van der Waals surface area contributed by atoms with Crippen LogP contribution in [0.5, 0.6) is 0 Å². The summed E-state index contributed by atoms with van der Waals surface area (Å²) in [5, 5.41) is 39.0. The Kier molecular flexibility index (Phi) is 28.4. The molecule has 0 aliphatic heterocycles. The van der Waals surface area contributed by atoms with Crippen LogP contribution >= 0.6 is 7.82 Å². The van der Waals surface area contributed by atoms with Crippen LogP contribution in [-0.2, 0) is 37.5 Å². The maximum Gasteiger partial charge on any atom is 0.472 e. The first-order chi connectivity index (χ1) is 25.8. The largest absolute Gasteiger partial charge is 0.472 e. The van der Waals surface area contributed by atoms with E-state index in [0.29, 0.717) is 32.1 Å². The maximum atomic E-state index is 12.6. The number of hydrogen-bond donors (Lipinski definition) is 5. The fourth-order valence-electron chi connectivity index (χ4n) is 6.48. The number of rotatable bonds is 34. The van der Waals surface area contributed by atoms with Crippen molar-refractivity contribution >= 4 is 25.5 Å². The van der Waals surface area contributed by atoms with E-state index in [1.54, 1.807) is 12.2 Å². The number of esters is 2. The summed E-state index contributed by atoms with van der Waals surface area (Å²) >= 11 is 0. The zero-order valence-corrected chi connectivity index (χ0v) is 34.2. The van der Waals surface area contributed by atoms with Crippen molar-refractivity contribution in [3.05, 3.63) is 12.2 Å². The minimum atomic E-state index is -4.67. The van der Waals surface area contributed by atoms with Crippen molar-refractivity contribution in [3.63, 3.8) is 0 Å². The topological polar surface area (TPSA) is 206 Å². The number of carbonyl (C=O) groups excluding carboxylic acids is 3. The van der Waals surface area contributed by atoms with Gasteiger partial charge in [0.15, 0.2) is 6.10 Å². The van der Waals surface area contributed by atoms with Crippen LogP contribution in [-0.4, -0.2) is 93.9 Å². The third-order valence-electron chi connectivity index (χ3n) is 9.74. The number of hydrogen-bond acceptors (Lipinski definition) is 12. The Hall–Kier alpha value is -1.70.